The van der Waals surface area contributed by atoms with Gasteiger partial charge in [0.2, 0.25) is 0 Å². The van der Waals surface area contributed by atoms with Crippen LogP contribution >= 0.6 is 0 Å². The molecule has 1 aromatic carbocycles. The highest BCUT2D eigenvalue weighted by atomic mass is 14.9. The Kier molecular flexibility index (Phi) is 5.61. The SMILES string of the molecule is C=C(C(C)C)C(CNC(C)C)c1ccc(C)cc1. The molecule has 100 valence electrons. The molecule has 0 fully saturated rings. The van der Waals surface area contributed by atoms with Crippen molar-refractivity contribution in [1.29, 1.82) is 0 Å². The van der Waals surface area contributed by atoms with Gasteiger partial charge in [0.25, 0.3) is 0 Å². The van der Waals surface area contributed by atoms with Crippen molar-refractivity contribution in [2.75, 3.05) is 6.54 Å². The summed E-state index contributed by atoms with van der Waals surface area (Å²) in [4.78, 5) is 0. The van der Waals surface area contributed by atoms with Gasteiger partial charge in [-0.25, -0.2) is 0 Å². The quantitative estimate of drug-likeness (QED) is 0.737. The van der Waals surface area contributed by atoms with Gasteiger partial charge in [0.1, 0.15) is 0 Å². The first-order valence-corrected chi connectivity index (χ1v) is 6.90. The summed E-state index contributed by atoms with van der Waals surface area (Å²) < 4.78 is 0. The highest BCUT2D eigenvalue weighted by Crippen LogP contribution is 2.28. The van der Waals surface area contributed by atoms with E-state index in [1.807, 2.05) is 0 Å². The fourth-order valence-electron chi connectivity index (χ4n) is 2.02. The van der Waals surface area contributed by atoms with Crippen molar-refractivity contribution in [3.63, 3.8) is 0 Å². The van der Waals surface area contributed by atoms with Gasteiger partial charge in [-0.3, -0.25) is 0 Å². The molecule has 1 heteroatoms. The van der Waals surface area contributed by atoms with E-state index in [2.05, 4.69) is 70.8 Å². The van der Waals surface area contributed by atoms with E-state index >= 15 is 0 Å². The number of aryl methyl sites for hydroxylation is 1. The lowest BCUT2D eigenvalue weighted by Crippen LogP contribution is -2.29. The third kappa shape index (κ3) is 4.30. The molecule has 1 rings (SSSR count). The van der Waals surface area contributed by atoms with Gasteiger partial charge in [0.05, 0.1) is 0 Å². The smallest absolute Gasteiger partial charge is 0.0173 e. The van der Waals surface area contributed by atoms with E-state index in [1.54, 1.807) is 0 Å². The van der Waals surface area contributed by atoms with Crippen LogP contribution in [0.3, 0.4) is 0 Å². The van der Waals surface area contributed by atoms with Crippen molar-refractivity contribution in [3.05, 3.63) is 47.5 Å². The average Bonchev–Trinajstić information content (AvgIpc) is 2.30. The summed E-state index contributed by atoms with van der Waals surface area (Å²) in [6.45, 7) is 16.2. The first-order valence-electron chi connectivity index (χ1n) is 6.90. The molecule has 0 bridgehead atoms. The number of nitrogens with one attached hydrogen (secondary N) is 1. The van der Waals surface area contributed by atoms with Crippen LogP contribution in [-0.2, 0) is 0 Å². The van der Waals surface area contributed by atoms with Crippen molar-refractivity contribution in [2.45, 2.75) is 46.6 Å². The van der Waals surface area contributed by atoms with Gasteiger partial charge in [-0.1, -0.05) is 69.7 Å². The van der Waals surface area contributed by atoms with Crippen LogP contribution in [0, 0.1) is 12.8 Å². The molecule has 1 aromatic rings. The Balaban J connectivity index is 2.89. The molecule has 0 aliphatic carbocycles. The van der Waals surface area contributed by atoms with Crippen LogP contribution in [0.5, 0.6) is 0 Å². The maximum absolute atomic E-state index is 4.29. The molecule has 1 nitrogen and oxygen atoms in total. The lowest BCUT2D eigenvalue weighted by molar-refractivity contribution is 0.535. The Bertz CT molecular complexity index is 373. The van der Waals surface area contributed by atoms with E-state index in [4.69, 9.17) is 0 Å². The molecule has 0 radical (unpaired) electrons. The van der Waals surface area contributed by atoms with E-state index in [-0.39, 0.29) is 0 Å². The monoisotopic (exact) mass is 245 g/mol. The van der Waals surface area contributed by atoms with Crippen molar-refractivity contribution in [3.8, 4) is 0 Å². The van der Waals surface area contributed by atoms with Gasteiger partial charge >= 0.3 is 0 Å². The first kappa shape index (κ1) is 15.0. The summed E-state index contributed by atoms with van der Waals surface area (Å²) in [6.07, 6.45) is 0. The van der Waals surface area contributed by atoms with Gasteiger partial charge in [-0.2, -0.15) is 0 Å². The molecule has 0 aliphatic heterocycles. The number of hydrogen-bond acceptors (Lipinski definition) is 1. The number of rotatable bonds is 6. The zero-order chi connectivity index (χ0) is 13.7. The zero-order valence-corrected chi connectivity index (χ0v) is 12.5. The Morgan fingerprint density at radius 1 is 1.11 bits per heavy atom. The largest absolute Gasteiger partial charge is 0.314 e. The number of benzene rings is 1. The van der Waals surface area contributed by atoms with Crippen LogP contribution in [0.15, 0.2) is 36.4 Å². The molecular formula is C17H27N. The fraction of sp³-hybridized carbons (Fsp3) is 0.529. The van der Waals surface area contributed by atoms with Gasteiger partial charge in [-0.05, 0) is 18.4 Å². The summed E-state index contributed by atoms with van der Waals surface area (Å²) in [5.74, 6) is 0.929. The van der Waals surface area contributed by atoms with E-state index in [0.717, 1.165) is 6.54 Å². The Labute approximate surface area is 112 Å². The molecule has 18 heavy (non-hydrogen) atoms. The molecule has 1 N–H and O–H groups in total. The van der Waals surface area contributed by atoms with Crippen LogP contribution in [0.4, 0.5) is 0 Å². The lowest BCUT2D eigenvalue weighted by atomic mass is 9.85. The zero-order valence-electron chi connectivity index (χ0n) is 12.5. The normalized spacial score (nSPS) is 13.1. The van der Waals surface area contributed by atoms with Gasteiger partial charge < -0.3 is 5.32 Å². The minimum absolute atomic E-state index is 0.410. The Morgan fingerprint density at radius 2 is 1.67 bits per heavy atom. The Morgan fingerprint density at radius 3 is 2.11 bits per heavy atom. The second-order valence-electron chi connectivity index (χ2n) is 5.76. The van der Waals surface area contributed by atoms with E-state index in [0.29, 0.717) is 17.9 Å². The van der Waals surface area contributed by atoms with Gasteiger partial charge in [0, 0.05) is 18.5 Å². The molecule has 0 aliphatic rings. The summed E-state index contributed by atoms with van der Waals surface area (Å²) in [6, 6.07) is 9.35. The standard InChI is InChI=1S/C17H27N/c1-12(2)15(6)17(11-18-13(3)4)16-9-7-14(5)8-10-16/h7-10,12-13,17-18H,6,11H2,1-5H3. The second-order valence-corrected chi connectivity index (χ2v) is 5.76. The third-order valence-corrected chi connectivity index (χ3v) is 3.40. The van der Waals surface area contributed by atoms with Crippen molar-refractivity contribution >= 4 is 0 Å². The van der Waals surface area contributed by atoms with Gasteiger partial charge in [-0.15, -0.1) is 0 Å². The van der Waals surface area contributed by atoms with Crippen molar-refractivity contribution in [1.82, 2.24) is 5.32 Å². The summed E-state index contributed by atoms with van der Waals surface area (Å²) in [5, 5.41) is 3.53. The topological polar surface area (TPSA) is 12.0 Å². The van der Waals surface area contributed by atoms with Crippen LogP contribution in [0.25, 0.3) is 0 Å². The van der Waals surface area contributed by atoms with Crippen molar-refractivity contribution in [2.24, 2.45) is 5.92 Å². The lowest BCUT2D eigenvalue weighted by Gasteiger charge is -2.24. The molecule has 0 amide bonds. The summed E-state index contributed by atoms with van der Waals surface area (Å²) in [5.41, 5.74) is 3.99. The molecule has 0 saturated heterocycles. The van der Waals surface area contributed by atoms with Crippen LogP contribution in [-0.4, -0.2) is 12.6 Å². The molecule has 0 spiro atoms. The van der Waals surface area contributed by atoms with Crippen LogP contribution in [0.2, 0.25) is 0 Å². The Hall–Kier alpha value is -1.08. The highest BCUT2D eigenvalue weighted by Gasteiger charge is 2.17. The molecule has 0 aromatic heterocycles. The van der Waals surface area contributed by atoms with Crippen molar-refractivity contribution < 1.29 is 0 Å². The molecule has 0 saturated carbocycles. The minimum atomic E-state index is 0.410. The van der Waals surface area contributed by atoms with Crippen LogP contribution < -0.4 is 5.32 Å². The minimum Gasteiger partial charge on any atom is -0.314 e. The van der Waals surface area contributed by atoms with Crippen LogP contribution in [0.1, 0.15) is 44.7 Å². The van der Waals surface area contributed by atoms with E-state index in [9.17, 15) is 0 Å². The molecule has 0 heterocycles. The predicted octanol–water partition coefficient (Wildman–Crippen LogP) is 4.29. The second kappa shape index (κ2) is 6.75. The molecule has 1 unspecified atom stereocenters. The highest BCUT2D eigenvalue weighted by molar-refractivity contribution is 5.31. The number of hydrogen-bond donors (Lipinski definition) is 1. The third-order valence-electron chi connectivity index (χ3n) is 3.40. The summed E-state index contributed by atoms with van der Waals surface area (Å²) in [7, 11) is 0. The predicted molar refractivity (Wildman–Crippen MR) is 81.0 cm³/mol. The maximum atomic E-state index is 4.29. The first-order chi connectivity index (χ1) is 8.41. The molecular weight excluding hydrogens is 218 g/mol. The van der Waals surface area contributed by atoms with E-state index in [1.165, 1.54) is 16.7 Å². The van der Waals surface area contributed by atoms with Gasteiger partial charge in [0.15, 0.2) is 0 Å². The average molecular weight is 245 g/mol. The maximum Gasteiger partial charge on any atom is 0.0173 e. The summed E-state index contributed by atoms with van der Waals surface area (Å²) >= 11 is 0. The molecule has 1 atom stereocenters. The van der Waals surface area contributed by atoms with E-state index < -0.39 is 0 Å². The fourth-order valence-corrected chi connectivity index (χ4v) is 2.02.